The first-order chi connectivity index (χ1) is 4.20. The lowest BCUT2D eigenvalue weighted by atomic mass is 10.3. The maximum absolute atomic E-state index is 5.57. The summed E-state index contributed by atoms with van der Waals surface area (Å²) in [7, 11) is 0. The summed E-state index contributed by atoms with van der Waals surface area (Å²) in [6.07, 6.45) is 1.58. The number of nitrogens with two attached hydrogens (primary N) is 1. The van der Waals surface area contributed by atoms with Crippen LogP contribution in [-0.4, -0.2) is 4.98 Å². The molecule has 0 spiro atoms. The highest BCUT2D eigenvalue weighted by Gasteiger charge is 1.92. The molecule has 0 aliphatic rings. The van der Waals surface area contributed by atoms with E-state index in [4.69, 9.17) is 17.3 Å². The predicted octanol–water partition coefficient (Wildman–Crippen LogP) is 1.63. The molecule has 0 aromatic carbocycles. The van der Waals surface area contributed by atoms with Gasteiger partial charge in [0, 0.05) is 6.20 Å². The zero-order chi connectivity index (χ0) is 6.85. The molecule has 2 N–H and O–H groups in total. The van der Waals surface area contributed by atoms with Crippen LogP contribution in [0.4, 0.5) is 5.69 Å². The lowest BCUT2D eigenvalue weighted by Gasteiger charge is -1.96. The Balaban J connectivity index is 3.17. The zero-order valence-electron chi connectivity index (χ0n) is 5.06. The first kappa shape index (κ1) is 6.36. The Morgan fingerprint density at radius 1 is 1.67 bits per heavy atom. The van der Waals surface area contributed by atoms with Gasteiger partial charge in [-0.3, -0.25) is 4.98 Å². The Labute approximate surface area is 58.7 Å². The van der Waals surface area contributed by atoms with Crippen LogP contribution in [0.25, 0.3) is 0 Å². The summed E-state index contributed by atoms with van der Waals surface area (Å²) in [5, 5.41) is 0.582. The van der Waals surface area contributed by atoms with Crippen molar-refractivity contribution in [2.45, 2.75) is 6.92 Å². The third-order valence-corrected chi connectivity index (χ3v) is 1.30. The van der Waals surface area contributed by atoms with Crippen LogP contribution in [0.2, 0.25) is 5.02 Å². The van der Waals surface area contributed by atoms with E-state index in [0.717, 1.165) is 5.69 Å². The van der Waals surface area contributed by atoms with Gasteiger partial charge >= 0.3 is 0 Å². The van der Waals surface area contributed by atoms with E-state index in [1.165, 1.54) is 0 Å². The van der Waals surface area contributed by atoms with E-state index in [-0.39, 0.29) is 0 Å². The number of aromatic nitrogens is 1. The first-order valence-corrected chi connectivity index (χ1v) is 2.95. The highest BCUT2D eigenvalue weighted by molar-refractivity contribution is 6.30. The molecule has 1 aromatic heterocycles. The Morgan fingerprint density at radius 3 is 2.78 bits per heavy atom. The molecule has 0 bridgehead atoms. The molecule has 2 nitrogen and oxygen atoms in total. The van der Waals surface area contributed by atoms with E-state index in [9.17, 15) is 0 Å². The topological polar surface area (TPSA) is 38.9 Å². The van der Waals surface area contributed by atoms with E-state index in [1.807, 2.05) is 6.92 Å². The van der Waals surface area contributed by atoms with E-state index >= 15 is 0 Å². The minimum absolute atomic E-state index is 0.582. The Kier molecular flexibility index (Phi) is 1.58. The summed E-state index contributed by atoms with van der Waals surface area (Å²) >= 11 is 5.57. The normalized spacial score (nSPS) is 9.56. The average molecular weight is 143 g/mol. The van der Waals surface area contributed by atoms with Gasteiger partial charge < -0.3 is 5.73 Å². The van der Waals surface area contributed by atoms with Crippen molar-refractivity contribution in [3.63, 3.8) is 0 Å². The molecule has 0 unspecified atom stereocenters. The monoisotopic (exact) mass is 142 g/mol. The van der Waals surface area contributed by atoms with Gasteiger partial charge in [0.2, 0.25) is 0 Å². The summed E-state index contributed by atoms with van der Waals surface area (Å²) in [6.45, 7) is 1.84. The molecular weight excluding hydrogens is 136 g/mol. The van der Waals surface area contributed by atoms with Gasteiger partial charge in [0.1, 0.15) is 0 Å². The second-order valence-electron chi connectivity index (χ2n) is 1.83. The summed E-state index contributed by atoms with van der Waals surface area (Å²) in [5.41, 5.74) is 6.93. The fourth-order valence-electron chi connectivity index (χ4n) is 0.523. The van der Waals surface area contributed by atoms with E-state index in [2.05, 4.69) is 4.98 Å². The summed E-state index contributed by atoms with van der Waals surface area (Å²) < 4.78 is 0. The van der Waals surface area contributed by atoms with E-state index < -0.39 is 0 Å². The van der Waals surface area contributed by atoms with Crippen LogP contribution in [0.5, 0.6) is 0 Å². The maximum Gasteiger partial charge on any atom is 0.0610 e. The lowest BCUT2D eigenvalue weighted by molar-refractivity contribution is 1.21. The fourth-order valence-corrected chi connectivity index (χ4v) is 0.690. The fraction of sp³-hybridized carbons (Fsp3) is 0.167. The van der Waals surface area contributed by atoms with Gasteiger partial charge in [0.05, 0.1) is 16.4 Å². The number of hydrogen-bond donors (Lipinski definition) is 1. The molecule has 0 fully saturated rings. The van der Waals surface area contributed by atoms with Crippen LogP contribution in [-0.2, 0) is 0 Å². The summed E-state index contributed by atoms with van der Waals surface area (Å²) in [4.78, 5) is 3.92. The molecule has 3 heteroatoms. The minimum Gasteiger partial charge on any atom is -0.397 e. The number of pyridine rings is 1. The standard InChI is InChI=1S/C6H7ClN2/c1-4-6(8)2-5(7)3-9-4/h2-3H,8H2,1H3. The Hall–Kier alpha value is -0.760. The predicted molar refractivity (Wildman–Crippen MR) is 38.4 cm³/mol. The van der Waals surface area contributed by atoms with Gasteiger partial charge in [-0.15, -0.1) is 0 Å². The van der Waals surface area contributed by atoms with Crippen molar-refractivity contribution >= 4 is 17.3 Å². The van der Waals surface area contributed by atoms with Crippen molar-refractivity contribution in [1.29, 1.82) is 0 Å². The Bertz CT molecular complexity index is 222. The zero-order valence-corrected chi connectivity index (χ0v) is 5.81. The summed E-state index contributed by atoms with van der Waals surface area (Å²) in [5.74, 6) is 0. The molecule has 0 saturated heterocycles. The van der Waals surface area contributed by atoms with Gasteiger partial charge in [0.15, 0.2) is 0 Å². The smallest absolute Gasteiger partial charge is 0.0610 e. The third kappa shape index (κ3) is 1.33. The molecular formula is C6H7ClN2. The van der Waals surface area contributed by atoms with Crippen molar-refractivity contribution in [3.05, 3.63) is 23.0 Å². The number of rotatable bonds is 0. The van der Waals surface area contributed by atoms with Crippen molar-refractivity contribution < 1.29 is 0 Å². The molecule has 0 aliphatic heterocycles. The molecule has 0 amide bonds. The third-order valence-electron chi connectivity index (χ3n) is 1.09. The number of hydrogen-bond acceptors (Lipinski definition) is 2. The van der Waals surface area contributed by atoms with Crippen LogP contribution in [0.15, 0.2) is 12.3 Å². The number of nitrogens with zero attached hydrogens (tertiary/aromatic N) is 1. The van der Waals surface area contributed by atoms with Crippen LogP contribution in [0.3, 0.4) is 0 Å². The molecule has 48 valence electrons. The van der Waals surface area contributed by atoms with Crippen LogP contribution < -0.4 is 5.73 Å². The number of nitrogen functional groups attached to an aromatic ring is 1. The number of aryl methyl sites for hydroxylation is 1. The second-order valence-corrected chi connectivity index (χ2v) is 2.26. The molecule has 9 heavy (non-hydrogen) atoms. The average Bonchev–Trinajstić information content (AvgIpc) is 1.80. The van der Waals surface area contributed by atoms with E-state index in [1.54, 1.807) is 12.3 Å². The van der Waals surface area contributed by atoms with Crippen LogP contribution >= 0.6 is 11.6 Å². The highest BCUT2D eigenvalue weighted by atomic mass is 35.5. The van der Waals surface area contributed by atoms with Crippen molar-refractivity contribution in [1.82, 2.24) is 4.98 Å². The highest BCUT2D eigenvalue weighted by Crippen LogP contribution is 2.13. The lowest BCUT2D eigenvalue weighted by Crippen LogP contribution is -1.90. The maximum atomic E-state index is 5.57. The van der Waals surface area contributed by atoms with Gasteiger partial charge in [-0.25, -0.2) is 0 Å². The molecule has 0 saturated carbocycles. The van der Waals surface area contributed by atoms with Crippen molar-refractivity contribution in [3.8, 4) is 0 Å². The Morgan fingerprint density at radius 2 is 2.33 bits per heavy atom. The SMILES string of the molecule is Cc1ncc(Cl)cc1N. The quantitative estimate of drug-likeness (QED) is 0.598. The van der Waals surface area contributed by atoms with Gasteiger partial charge in [-0.05, 0) is 13.0 Å². The number of anilines is 1. The van der Waals surface area contributed by atoms with Crippen LogP contribution in [0.1, 0.15) is 5.69 Å². The largest absolute Gasteiger partial charge is 0.397 e. The van der Waals surface area contributed by atoms with Crippen molar-refractivity contribution in [2.75, 3.05) is 5.73 Å². The van der Waals surface area contributed by atoms with Gasteiger partial charge in [0.25, 0.3) is 0 Å². The summed E-state index contributed by atoms with van der Waals surface area (Å²) in [6, 6.07) is 1.68. The molecule has 0 aliphatic carbocycles. The van der Waals surface area contributed by atoms with Gasteiger partial charge in [-0.1, -0.05) is 11.6 Å². The van der Waals surface area contributed by atoms with Crippen molar-refractivity contribution in [2.24, 2.45) is 0 Å². The molecule has 1 rings (SSSR count). The first-order valence-electron chi connectivity index (χ1n) is 2.58. The van der Waals surface area contributed by atoms with E-state index in [0.29, 0.717) is 10.7 Å². The molecule has 1 heterocycles. The second kappa shape index (κ2) is 2.23. The molecule has 0 radical (unpaired) electrons. The van der Waals surface area contributed by atoms with Crippen LogP contribution in [0, 0.1) is 6.92 Å². The number of halogens is 1. The minimum atomic E-state index is 0.582. The molecule has 0 atom stereocenters. The van der Waals surface area contributed by atoms with Gasteiger partial charge in [-0.2, -0.15) is 0 Å². The molecule has 1 aromatic rings.